The third-order valence-corrected chi connectivity index (χ3v) is 18.6. The molecule has 1 saturated heterocycles. The summed E-state index contributed by atoms with van der Waals surface area (Å²) in [7, 11) is -17.0. The molecular formula is C53H66N8O17P3+. The van der Waals surface area contributed by atoms with E-state index in [0.717, 1.165) is 70.0 Å². The first-order chi connectivity index (χ1) is 38.0. The van der Waals surface area contributed by atoms with E-state index in [4.69, 9.17) is 19.3 Å². The zero-order chi connectivity index (χ0) is 58.7. The number of aromatic nitrogens is 4. The molecule has 0 spiro atoms. The average molecular weight is 1180 g/mol. The molecule has 28 heteroatoms. The summed E-state index contributed by atoms with van der Waals surface area (Å²) >= 11 is 0. The Morgan fingerprint density at radius 2 is 1.52 bits per heavy atom. The number of aliphatic hydroxyl groups is 2. The van der Waals surface area contributed by atoms with E-state index in [0.29, 0.717) is 59.9 Å². The van der Waals surface area contributed by atoms with Gasteiger partial charge in [-0.1, -0.05) is 18.9 Å². The number of hydrogen-bond acceptors (Lipinski definition) is 17. The summed E-state index contributed by atoms with van der Waals surface area (Å²) in [6.07, 6.45) is 3.56. The zero-order valence-electron chi connectivity index (χ0n) is 45.8. The van der Waals surface area contributed by atoms with Crippen LogP contribution in [0.3, 0.4) is 0 Å². The molecule has 2 unspecified atom stereocenters. The van der Waals surface area contributed by atoms with Gasteiger partial charge in [0.1, 0.15) is 42.7 Å². The molecule has 5 aromatic rings. The largest absolute Gasteiger partial charge is 0.490 e. The van der Waals surface area contributed by atoms with E-state index in [9.17, 15) is 48.4 Å². The molecule has 1 amide bonds. The molecule has 3 aromatic carbocycles. The summed E-state index contributed by atoms with van der Waals surface area (Å²) in [6.45, 7) is 18.5. The molecule has 434 valence electrons. The Labute approximate surface area is 465 Å². The van der Waals surface area contributed by atoms with Crippen LogP contribution < -0.4 is 35.4 Å². The summed E-state index contributed by atoms with van der Waals surface area (Å²) in [5, 5.41) is 40.3. The van der Waals surface area contributed by atoms with Crippen molar-refractivity contribution >= 4 is 74.7 Å². The lowest BCUT2D eigenvalue weighted by Gasteiger charge is -2.43. The van der Waals surface area contributed by atoms with Gasteiger partial charge in [0, 0.05) is 78.3 Å². The third-order valence-electron chi connectivity index (χ3n) is 14.8. The summed E-state index contributed by atoms with van der Waals surface area (Å²) < 4.78 is 63.1. The fraction of sp³-hybridized carbons (Fsp3) is 0.434. The number of carboxylic acid groups (broad SMARTS) is 1. The predicted molar refractivity (Wildman–Crippen MR) is 298 cm³/mol. The Balaban J connectivity index is 0.864. The predicted octanol–water partition coefficient (Wildman–Crippen LogP) is 5.97. The van der Waals surface area contributed by atoms with Crippen molar-refractivity contribution in [3.8, 4) is 11.5 Å². The lowest BCUT2D eigenvalue weighted by atomic mass is 9.83. The molecular weight excluding hydrogens is 1110 g/mol. The van der Waals surface area contributed by atoms with Crippen LogP contribution in [0.1, 0.15) is 130 Å². The first-order valence-electron chi connectivity index (χ1n) is 26.3. The number of amides is 1. The van der Waals surface area contributed by atoms with Crippen LogP contribution in [0.2, 0.25) is 0 Å². The monoisotopic (exact) mass is 1180 g/mol. The van der Waals surface area contributed by atoms with Crippen LogP contribution >= 0.6 is 23.5 Å². The number of phosphoric ester groups is 1. The number of anilines is 2. The van der Waals surface area contributed by atoms with E-state index in [1.165, 1.54) is 23.3 Å². The number of carbonyl (C=O) groups is 2. The highest BCUT2D eigenvalue weighted by Gasteiger charge is 2.47. The van der Waals surface area contributed by atoms with Crippen LogP contribution in [-0.2, 0) is 31.6 Å². The second-order valence-corrected chi connectivity index (χ2v) is 25.7. The number of allylic oxidation sites excluding steroid dienone is 2. The first kappa shape index (κ1) is 59.6. The second-order valence-electron chi connectivity index (χ2n) is 21.3. The number of phosphoric acid groups is 3. The van der Waals surface area contributed by atoms with Crippen molar-refractivity contribution in [2.45, 2.75) is 117 Å². The maximum atomic E-state index is 14.0. The van der Waals surface area contributed by atoms with Gasteiger partial charge in [0.15, 0.2) is 28.7 Å². The van der Waals surface area contributed by atoms with E-state index in [1.807, 2.05) is 0 Å². The van der Waals surface area contributed by atoms with Crippen molar-refractivity contribution in [3.05, 3.63) is 111 Å². The number of ether oxygens (including phenoxy) is 2. The molecule has 0 saturated carbocycles. The molecule has 25 nitrogen and oxygen atoms in total. The number of likely N-dealkylation sites (N-methyl/N-ethyl adjacent to an activating group) is 2. The lowest BCUT2D eigenvalue weighted by Crippen LogP contribution is -2.49. The Morgan fingerprint density at radius 1 is 0.802 bits per heavy atom. The molecule has 1 fully saturated rings. The summed E-state index contributed by atoms with van der Waals surface area (Å²) in [6, 6.07) is 13.0. The third kappa shape index (κ3) is 12.2. The van der Waals surface area contributed by atoms with Gasteiger partial charge in [0.05, 0.1) is 30.1 Å². The van der Waals surface area contributed by atoms with Gasteiger partial charge in [-0.2, -0.15) is 8.62 Å². The quantitative estimate of drug-likeness (QED) is 0.0228. The standard InChI is InChI=1S/C53H65N8O17P3/c1-9-60-38-22-40-36(20-33(38)29(3)24-52(60,5)6)43(37-21-34-30(4)25-53(7,8)61(10-2)39(34)23-41(37)75-40)35-19-31(15-16-32(35)51(65)66)49(64)55-18-14-12-11-13-17-54-47-44-48(57-27-56-47)59(28-58-44)50-46(63)45(62)42(76-50)26-74-80(70,71)78-81(72,73)77-79(67,68)69/h15-16,19-25,27-28,42,45-46,50,62-63H,9-14,17-18,26H2,1-8H3,(H6-,54,55,56,57,64,65,66,67,68,69,70,71,72,73)/p+1/t42-,45-,46-,50-/m1/s1. The average Bonchev–Trinajstić information content (AvgIpc) is 4.07. The summed E-state index contributed by atoms with van der Waals surface area (Å²) in [5.74, 6) is 0.0341. The topological polar surface area (TPSA) is 347 Å². The molecule has 4 aliphatic heterocycles. The van der Waals surface area contributed by atoms with Gasteiger partial charge in [0.25, 0.3) is 5.91 Å². The minimum Gasteiger partial charge on any atom is -0.478 e. The second kappa shape index (κ2) is 22.6. The van der Waals surface area contributed by atoms with Crippen LogP contribution in [0, 0.1) is 0 Å². The van der Waals surface area contributed by atoms with Crippen LogP contribution in [0.4, 0.5) is 11.5 Å². The number of nitrogens with one attached hydrogen (secondary N) is 2. The van der Waals surface area contributed by atoms with Crippen LogP contribution in [-0.4, -0.2) is 128 Å². The molecule has 6 heterocycles. The normalized spacial score (nSPS) is 21.4. The Kier molecular flexibility index (Phi) is 16.7. The zero-order valence-corrected chi connectivity index (χ0v) is 48.4. The number of fused-ring (bicyclic) bond motifs is 5. The summed E-state index contributed by atoms with van der Waals surface area (Å²) in [4.78, 5) is 79.2. The number of rotatable bonds is 21. The number of imidazole rings is 1. The fourth-order valence-electron chi connectivity index (χ4n) is 11.4. The highest BCUT2D eigenvalue weighted by atomic mass is 31.3. The van der Waals surface area contributed by atoms with Gasteiger partial charge < -0.3 is 59.9 Å². The molecule has 4 aliphatic rings. The van der Waals surface area contributed by atoms with Gasteiger partial charge in [-0.25, -0.2) is 38.0 Å². The number of carbonyl (C=O) groups excluding carboxylic acids is 1. The van der Waals surface area contributed by atoms with Crippen molar-refractivity contribution in [1.82, 2.24) is 29.4 Å². The van der Waals surface area contributed by atoms with Crippen molar-refractivity contribution < 1.29 is 80.8 Å². The Hall–Kier alpha value is -6.01. The molecule has 9 N–H and O–H groups in total. The Morgan fingerprint density at radius 3 is 2.21 bits per heavy atom. The SMILES string of the molecule is CCN1c2cc3c(cc2C(C)=CC1(C)C)C(c1cc(C(=O)NCCCCCCNc2ncnc4c2ncn4[C@@H]2O[C@H](COP(=O)(O)OP(=O)(O)OP(=O)(O)O)[C@@H](O)[C@H]2O)ccc1C(=O)O)=c1cc2c(cc1O3)=[N+](CC)C(C)(C)C=C2C. The van der Waals surface area contributed by atoms with Gasteiger partial charge in [-0.05, 0) is 108 Å². The van der Waals surface area contributed by atoms with Crippen LogP contribution in [0.5, 0.6) is 11.5 Å². The maximum absolute atomic E-state index is 14.0. The number of benzene rings is 3. The molecule has 9 rings (SSSR count). The smallest absolute Gasteiger partial charge is 0.478 e. The number of nitrogens with zero attached hydrogens (tertiary/aromatic N) is 6. The van der Waals surface area contributed by atoms with Crippen molar-refractivity contribution in [3.63, 3.8) is 0 Å². The van der Waals surface area contributed by atoms with Gasteiger partial charge in [-0.3, -0.25) is 13.9 Å². The van der Waals surface area contributed by atoms with Crippen LogP contribution in [0.25, 0.3) is 27.9 Å². The molecule has 0 bridgehead atoms. The van der Waals surface area contributed by atoms with Gasteiger partial charge in [-0.15, -0.1) is 0 Å². The molecule has 2 aromatic heterocycles. The van der Waals surface area contributed by atoms with Crippen molar-refractivity contribution in [2.75, 3.05) is 43.0 Å². The molecule has 81 heavy (non-hydrogen) atoms. The molecule has 0 aliphatic carbocycles. The van der Waals surface area contributed by atoms with Crippen molar-refractivity contribution in [2.24, 2.45) is 0 Å². The van der Waals surface area contributed by atoms with E-state index in [2.05, 4.69) is 140 Å². The van der Waals surface area contributed by atoms with E-state index in [1.54, 1.807) is 12.1 Å². The van der Waals surface area contributed by atoms with Crippen LogP contribution in [0.15, 0.2) is 67.3 Å². The Bertz CT molecular complexity index is 3710. The van der Waals surface area contributed by atoms with E-state index in [-0.39, 0.29) is 33.7 Å². The number of hydrogen-bond donors (Lipinski definition) is 9. The van der Waals surface area contributed by atoms with E-state index < -0.39 is 60.6 Å². The first-order valence-corrected chi connectivity index (χ1v) is 30.8. The molecule has 6 atom stereocenters. The minimum atomic E-state index is -5.79. The summed E-state index contributed by atoms with van der Waals surface area (Å²) in [5.41, 5.74) is 7.24. The highest BCUT2D eigenvalue weighted by Crippen LogP contribution is 2.66. The van der Waals surface area contributed by atoms with Gasteiger partial charge >= 0.3 is 29.4 Å². The number of aliphatic hydroxyl groups excluding tert-OH is 2. The van der Waals surface area contributed by atoms with Gasteiger partial charge in [0.2, 0.25) is 5.36 Å². The highest BCUT2D eigenvalue weighted by molar-refractivity contribution is 7.66. The molecule has 0 radical (unpaired) electrons. The van der Waals surface area contributed by atoms with E-state index >= 15 is 0 Å². The number of carboxylic acids is 1. The number of unbranched alkanes of at least 4 members (excludes halogenated alkanes) is 3. The van der Waals surface area contributed by atoms with Crippen molar-refractivity contribution in [1.29, 1.82) is 0 Å². The number of aromatic carboxylic acids is 1. The minimum absolute atomic E-state index is 0.0427. The maximum Gasteiger partial charge on any atom is 0.490 e. The fourth-order valence-corrected chi connectivity index (χ4v) is 14.4. The lowest BCUT2D eigenvalue weighted by molar-refractivity contribution is -0.0503.